The Morgan fingerprint density at radius 2 is 1.33 bits per heavy atom. The van der Waals surface area contributed by atoms with Crippen molar-refractivity contribution in [2.24, 2.45) is 0 Å². The third-order valence-electron chi connectivity index (χ3n) is 6.10. The summed E-state index contributed by atoms with van der Waals surface area (Å²) in [5.41, 5.74) is 0.737. The molecule has 0 bridgehead atoms. The van der Waals surface area contributed by atoms with E-state index in [1.54, 1.807) is 7.11 Å². The van der Waals surface area contributed by atoms with Crippen molar-refractivity contribution in [3.63, 3.8) is 0 Å². The average molecular weight is 460 g/mol. The maximum absolute atomic E-state index is 13.4. The van der Waals surface area contributed by atoms with E-state index in [0.29, 0.717) is 31.3 Å². The molecule has 5 nitrogen and oxygen atoms in total. The quantitative estimate of drug-likeness (QED) is 0.216. The molecular formula is C28H45NO4. The summed E-state index contributed by atoms with van der Waals surface area (Å²) in [4.78, 5) is 13.4. The highest BCUT2D eigenvalue weighted by molar-refractivity contribution is 5.89. The first kappa shape index (κ1) is 27.1. The zero-order chi connectivity index (χ0) is 23.9. The normalized spacial score (nSPS) is 11.2. The van der Waals surface area contributed by atoms with Gasteiger partial charge in [0.2, 0.25) is 5.75 Å². The number of hydrogen-bond acceptors (Lipinski definition) is 4. The molecule has 186 valence electrons. The Morgan fingerprint density at radius 3 is 2.00 bits per heavy atom. The molecule has 5 heteroatoms. The highest BCUT2D eigenvalue weighted by Gasteiger charge is 2.19. The van der Waals surface area contributed by atoms with Crippen molar-refractivity contribution >= 4 is 10.9 Å². The minimum absolute atomic E-state index is 0.114. The Morgan fingerprint density at radius 1 is 0.727 bits per heavy atom. The molecule has 0 atom stereocenters. The number of unbranched alkanes of at least 4 members (excludes halogenated alkanes) is 9. The fourth-order valence-electron chi connectivity index (χ4n) is 4.11. The lowest BCUT2D eigenvalue weighted by molar-refractivity contribution is 0.280. The topological polar surface area (TPSA) is 49.7 Å². The van der Waals surface area contributed by atoms with Crippen LogP contribution in [0.1, 0.15) is 97.8 Å². The fraction of sp³-hybridized carbons (Fsp3) is 0.679. The third-order valence-corrected chi connectivity index (χ3v) is 6.10. The van der Waals surface area contributed by atoms with E-state index < -0.39 is 0 Å². The van der Waals surface area contributed by atoms with Crippen LogP contribution in [-0.2, 0) is 6.54 Å². The second kappa shape index (κ2) is 15.6. The molecule has 0 unspecified atom stereocenters. The van der Waals surface area contributed by atoms with Crippen molar-refractivity contribution in [3.05, 3.63) is 28.6 Å². The van der Waals surface area contributed by atoms with Crippen LogP contribution in [-0.4, -0.2) is 24.9 Å². The summed E-state index contributed by atoms with van der Waals surface area (Å²) in [6, 6.07) is 5.95. The molecule has 0 N–H and O–H groups in total. The van der Waals surface area contributed by atoms with Crippen LogP contribution in [0.5, 0.6) is 17.2 Å². The SMILES string of the molecule is CCCCCCCCOc1ccc2c(OC)c(OCCCCCC)c(=O)n(CCCC)c2c1. The Kier molecular flexibility index (Phi) is 12.8. The molecule has 1 heterocycles. The Hall–Kier alpha value is -2.17. The molecule has 0 aliphatic heterocycles. The molecular weight excluding hydrogens is 414 g/mol. The van der Waals surface area contributed by atoms with E-state index in [9.17, 15) is 4.79 Å². The first-order chi connectivity index (χ1) is 16.2. The smallest absolute Gasteiger partial charge is 0.297 e. The Labute approximate surface area is 200 Å². The van der Waals surface area contributed by atoms with Crippen molar-refractivity contribution < 1.29 is 14.2 Å². The van der Waals surface area contributed by atoms with E-state index in [1.807, 2.05) is 22.8 Å². The molecule has 0 saturated heterocycles. The number of aryl methyl sites for hydroxylation is 1. The summed E-state index contributed by atoms with van der Waals surface area (Å²) in [5.74, 6) is 1.66. The van der Waals surface area contributed by atoms with Crippen molar-refractivity contribution in [2.75, 3.05) is 20.3 Å². The van der Waals surface area contributed by atoms with Gasteiger partial charge in [0.15, 0.2) is 5.75 Å². The molecule has 0 aliphatic carbocycles. The molecule has 0 saturated carbocycles. The summed E-state index contributed by atoms with van der Waals surface area (Å²) < 4.78 is 19.5. The van der Waals surface area contributed by atoms with Crippen molar-refractivity contribution in [1.82, 2.24) is 4.57 Å². The zero-order valence-electron chi connectivity index (χ0n) is 21.4. The summed E-state index contributed by atoms with van der Waals surface area (Å²) in [6.45, 7) is 8.45. The van der Waals surface area contributed by atoms with E-state index in [0.717, 1.165) is 48.8 Å². The van der Waals surface area contributed by atoms with E-state index in [1.165, 1.54) is 44.9 Å². The molecule has 0 fully saturated rings. The number of rotatable bonds is 18. The number of hydrogen-bond donors (Lipinski definition) is 0. The summed E-state index contributed by atoms with van der Waals surface area (Å²) in [6.07, 6.45) is 13.7. The number of aromatic nitrogens is 1. The van der Waals surface area contributed by atoms with E-state index in [4.69, 9.17) is 14.2 Å². The highest BCUT2D eigenvalue weighted by Crippen LogP contribution is 2.34. The molecule has 2 rings (SSSR count). The van der Waals surface area contributed by atoms with Gasteiger partial charge in [-0.15, -0.1) is 0 Å². The van der Waals surface area contributed by atoms with Crippen LogP contribution in [0.25, 0.3) is 10.9 Å². The second-order valence-electron chi connectivity index (χ2n) is 8.88. The van der Waals surface area contributed by atoms with E-state index >= 15 is 0 Å². The molecule has 1 aromatic heterocycles. The lowest BCUT2D eigenvalue weighted by Gasteiger charge is -2.18. The highest BCUT2D eigenvalue weighted by atomic mass is 16.5. The van der Waals surface area contributed by atoms with Crippen molar-refractivity contribution in [1.29, 1.82) is 0 Å². The van der Waals surface area contributed by atoms with Gasteiger partial charge in [-0.1, -0.05) is 78.6 Å². The molecule has 1 aromatic carbocycles. The monoisotopic (exact) mass is 459 g/mol. The van der Waals surface area contributed by atoms with E-state index in [-0.39, 0.29) is 5.56 Å². The van der Waals surface area contributed by atoms with Gasteiger partial charge in [0, 0.05) is 18.0 Å². The summed E-state index contributed by atoms with van der Waals surface area (Å²) in [7, 11) is 1.61. The number of methoxy groups -OCH3 is 1. The van der Waals surface area contributed by atoms with Crippen molar-refractivity contribution in [2.45, 2.75) is 104 Å². The lowest BCUT2D eigenvalue weighted by atomic mass is 10.1. The van der Waals surface area contributed by atoms with Gasteiger partial charge in [-0.3, -0.25) is 4.79 Å². The zero-order valence-corrected chi connectivity index (χ0v) is 21.4. The van der Waals surface area contributed by atoms with Gasteiger partial charge in [-0.2, -0.15) is 0 Å². The first-order valence-corrected chi connectivity index (χ1v) is 13.2. The minimum atomic E-state index is -0.114. The van der Waals surface area contributed by atoms with Crippen LogP contribution in [0.15, 0.2) is 23.0 Å². The van der Waals surface area contributed by atoms with Gasteiger partial charge in [0.1, 0.15) is 5.75 Å². The van der Waals surface area contributed by atoms with Gasteiger partial charge in [-0.05, 0) is 31.4 Å². The maximum atomic E-state index is 13.4. The average Bonchev–Trinajstić information content (AvgIpc) is 2.83. The number of pyridine rings is 1. The minimum Gasteiger partial charge on any atom is -0.494 e. The van der Waals surface area contributed by atoms with Crippen LogP contribution in [0.2, 0.25) is 0 Å². The molecule has 0 spiro atoms. The van der Waals surface area contributed by atoms with Crippen LogP contribution < -0.4 is 19.8 Å². The largest absolute Gasteiger partial charge is 0.494 e. The molecule has 33 heavy (non-hydrogen) atoms. The fourth-order valence-corrected chi connectivity index (χ4v) is 4.11. The maximum Gasteiger partial charge on any atom is 0.297 e. The number of benzene rings is 1. The summed E-state index contributed by atoms with van der Waals surface area (Å²) in [5, 5.41) is 0.892. The van der Waals surface area contributed by atoms with Crippen molar-refractivity contribution in [3.8, 4) is 17.2 Å². The van der Waals surface area contributed by atoms with Gasteiger partial charge >= 0.3 is 0 Å². The van der Waals surface area contributed by atoms with Crippen LogP contribution >= 0.6 is 0 Å². The molecule has 2 aromatic rings. The van der Waals surface area contributed by atoms with Gasteiger partial charge in [-0.25, -0.2) is 0 Å². The van der Waals surface area contributed by atoms with E-state index in [2.05, 4.69) is 20.8 Å². The number of fused-ring (bicyclic) bond motifs is 1. The first-order valence-electron chi connectivity index (χ1n) is 13.2. The van der Waals surface area contributed by atoms with Crippen LogP contribution in [0.4, 0.5) is 0 Å². The van der Waals surface area contributed by atoms with Gasteiger partial charge in [0.05, 0.1) is 25.8 Å². The van der Waals surface area contributed by atoms with Gasteiger partial charge in [0.25, 0.3) is 5.56 Å². The predicted octanol–water partition coefficient (Wildman–Crippen LogP) is 7.51. The van der Waals surface area contributed by atoms with Crippen LogP contribution in [0, 0.1) is 0 Å². The Balaban J connectivity index is 2.23. The lowest BCUT2D eigenvalue weighted by Crippen LogP contribution is -2.24. The number of nitrogens with zero attached hydrogens (tertiary/aromatic N) is 1. The standard InChI is InChI=1S/C28H45NO4/c1-5-8-11-13-14-16-20-32-23-17-18-24-25(22-23)29(19-10-7-3)28(30)27(26(24)31-4)33-21-15-12-9-6-2/h17-18,22H,5-16,19-21H2,1-4H3. The molecule has 0 radical (unpaired) electrons. The Bertz CT molecular complexity index is 874. The number of ether oxygens (including phenoxy) is 3. The summed E-state index contributed by atoms with van der Waals surface area (Å²) >= 11 is 0. The van der Waals surface area contributed by atoms with Crippen LogP contribution in [0.3, 0.4) is 0 Å². The second-order valence-corrected chi connectivity index (χ2v) is 8.88. The molecule has 0 aliphatic rings. The predicted molar refractivity (Wildman–Crippen MR) is 138 cm³/mol. The third kappa shape index (κ3) is 8.28. The molecule has 0 amide bonds. The van der Waals surface area contributed by atoms with Gasteiger partial charge < -0.3 is 18.8 Å².